The number of carbonyl (C=O) groups is 1. The van der Waals surface area contributed by atoms with Crippen LogP contribution < -0.4 is 16.0 Å². The molecule has 0 aromatic rings. The van der Waals surface area contributed by atoms with Crippen molar-refractivity contribution < 1.29 is 9.07 Å². The van der Waals surface area contributed by atoms with Gasteiger partial charge in [-0.05, 0) is 20.3 Å². The van der Waals surface area contributed by atoms with E-state index in [4.69, 9.17) is 0 Å². The third-order valence-corrected chi connectivity index (χ3v) is 1.29. The first-order valence-corrected chi connectivity index (χ1v) is 4.42. The van der Waals surface area contributed by atoms with Gasteiger partial charge in [0.15, 0.2) is 0 Å². The van der Waals surface area contributed by atoms with Crippen molar-refractivity contribution >= 4 is 6.03 Å². The van der Waals surface area contributed by atoms with E-state index in [0.29, 0.717) is 12.7 Å². The van der Waals surface area contributed by atoms with E-state index in [1.807, 2.05) is 20.8 Å². The number of hydrogen-bond acceptors (Lipinski definition) is 2. The Bertz CT molecular complexity index is 136. The Labute approximate surface area is 78.6 Å². The molecule has 0 fully saturated rings. The average Bonchev–Trinajstić information content (AvgIpc) is 2.00. The maximum Gasteiger partial charge on any atom is 0.315 e. The van der Waals surface area contributed by atoms with Crippen LogP contribution in [0.4, 0.5) is 4.79 Å². The van der Waals surface area contributed by atoms with Crippen molar-refractivity contribution in [1.29, 1.82) is 0 Å². The SMILES string of the molecule is CCCNC(=O)NCNC(C)C.[HH].[HH].[HH]. The average molecular weight is 179 g/mol. The van der Waals surface area contributed by atoms with Crippen LogP contribution in [0, 0.1) is 0 Å². The second-order valence-electron chi connectivity index (χ2n) is 2.97. The highest BCUT2D eigenvalue weighted by Crippen LogP contribution is 1.73. The molecule has 0 bridgehead atoms. The molecule has 0 saturated heterocycles. The summed E-state index contributed by atoms with van der Waals surface area (Å²) in [6.45, 7) is 7.34. The van der Waals surface area contributed by atoms with Gasteiger partial charge in [0.1, 0.15) is 0 Å². The first kappa shape index (κ1) is 11.2. The minimum Gasteiger partial charge on any atom is -0.338 e. The molecule has 0 unspecified atom stereocenters. The fraction of sp³-hybridized carbons (Fsp3) is 0.875. The number of hydrogen-bond donors (Lipinski definition) is 3. The fourth-order valence-corrected chi connectivity index (χ4v) is 0.636. The summed E-state index contributed by atoms with van der Waals surface area (Å²) in [5.41, 5.74) is 0. The Kier molecular flexibility index (Phi) is 6.47. The van der Waals surface area contributed by atoms with Crippen molar-refractivity contribution in [2.75, 3.05) is 13.2 Å². The maximum atomic E-state index is 10.9. The summed E-state index contributed by atoms with van der Waals surface area (Å²) in [4.78, 5) is 10.9. The Morgan fingerprint density at radius 3 is 2.58 bits per heavy atom. The number of nitrogens with one attached hydrogen (secondary N) is 3. The summed E-state index contributed by atoms with van der Waals surface area (Å²) in [5, 5.41) is 8.48. The highest BCUT2D eigenvalue weighted by molar-refractivity contribution is 5.73. The van der Waals surface area contributed by atoms with E-state index in [1.165, 1.54) is 0 Å². The maximum absolute atomic E-state index is 10.9. The fourth-order valence-electron chi connectivity index (χ4n) is 0.636. The van der Waals surface area contributed by atoms with E-state index in [2.05, 4.69) is 16.0 Å². The van der Waals surface area contributed by atoms with Crippen LogP contribution >= 0.6 is 0 Å². The first-order chi connectivity index (χ1) is 5.66. The molecule has 4 nitrogen and oxygen atoms in total. The molecule has 12 heavy (non-hydrogen) atoms. The molecule has 0 atom stereocenters. The van der Waals surface area contributed by atoms with E-state index >= 15 is 0 Å². The summed E-state index contributed by atoms with van der Waals surface area (Å²) in [5.74, 6) is 0. The van der Waals surface area contributed by atoms with Crippen LogP contribution in [0.25, 0.3) is 0 Å². The molecule has 0 aromatic heterocycles. The van der Waals surface area contributed by atoms with Gasteiger partial charge in [0.05, 0.1) is 6.67 Å². The second kappa shape index (κ2) is 6.91. The van der Waals surface area contributed by atoms with Gasteiger partial charge < -0.3 is 10.6 Å². The van der Waals surface area contributed by atoms with Gasteiger partial charge in [0, 0.05) is 16.9 Å². The van der Waals surface area contributed by atoms with E-state index in [-0.39, 0.29) is 10.3 Å². The van der Waals surface area contributed by atoms with Crippen LogP contribution in [-0.2, 0) is 0 Å². The van der Waals surface area contributed by atoms with Crippen molar-refractivity contribution in [3.8, 4) is 0 Å². The molecule has 0 saturated carbocycles. The molecule has 4 heteroatoms. The van der Waals surface area contributed by atoms with Gasteiger partial charge in [-0.3, -0.25) is 5.32 Å². The third kappa shape index (κ3) is 7.34. The van der Waals surface area contributed by atoms with Gasteiger partial charge in [-0.15, -0.1) is 0 Å². The number of urea groups is 1. The molecule has 0 heterocycles. The molecule has 0 spiro atoms. The Morgan fingerprint density at radius 1 is 1.42 bits per heavy atom. The Balaban J connectivity index is -0.000000202. The van der Waals surface area contributed by atoms with Gasteiger partial charge in [0.2, 0.25) is 0 Å². The van der Waals surface area contributed by atoms with Crippen LogP contribution in [0.2, 0.25) is 0 Å². The smallest absolute Gasteiger partial charge is 0.315 e. The van der Waals surface area contributed by atoms with Gasteiger partial charge in [-0.1, -0.05) is 6.92 Å². The molecule has 0 aliphatic rings. The van der Waals surface area contributed by atoms with Crippen LogP contribution in [-0.4, -0.2) is 25.3 Å². The van der Waals surface area contributed by atoms with E-state index in [1.54, 1.807) is 0 Å². The molecule has 3 N–H and O–H groups in total. The molecule has 2 amide bonds. The monoisotopic (exact) mass is 179 g/mol. The molecule has 0 aliphatic heterocycles. The molecular weight excluding hydrogens is 154 g/mol. The predicted molar refractivity (Wildman–Crippen MR) is 56.3 cm³/mol. The lowest BCUT2D eigenvalue weighted by atomic mass is 10.4. The zero-order valence-electron chi connectivity index (χ0n) is 8.11. The Hall–Kier alpha value is -0.770. The summed E-state index contributed by atoms with van der Waals surface area (Å²) in [6, 6.07) is 0.293. The molecule has 0 aliphatic carbocycles. The normalized spacial score (nSPS) is 10.0. The van der Waals surface area contributed by atoms with E-state index in [0.717, 1.165) is 13.0 Å². The number of rotatable bonds is 5. The Morgan fingerprint density at radius 2 is 2.08 bits per heavy atom. The largest absolute Gasteiger partial charge is 0.338 e. The topological polar surface area (TPSA) is 53.2 Å². The van der Waals surface area contributed by atoms with Crippen LogP contribution in [0.1, 0.15) is 31.5 Å². The van der Waals surface area contributed by atoms with Gasteiger partial charge in [-0.25, -0.2) is 4.79 Å². The summed E-state index contributed by atoms with van der Waals surface area (Å²) >= 11 is 0. The number of carbonyl (C=O) groups excluding carboxylic acids is 1. The van der Waals surface area contributed by atoms with Gasteiger partial charge >= 0.3 is 6.03 Å². The van der Waals surface area contributed by atoms with E-state index in [9.17, 15) is 4.79 Å². The van der Waals surface area contributed by atoms with Crippen LogP contribution in [0.3, 0.4) is 0 Å². The molecule has 0 rings (SSSR count). The zero-order chi connectivity index (χ0) is 9.40. The predicted octanol–water partition coefficient (Wildman–Crippen LogP) is 1.39. The van der Waals surface area contributed by atoms with Crippen molar-refractivity contribution in [3.63, 3.8) is 0 Å². The molecule has 0 aromatic carbocycles. The second-order valence-corrected chi connectivity index (χ2v) is 2.97. The highest BCUT2D eigenvalue weighted by Gasteiger charge is 1.96. The molecule has 78 valence electrons. The van der Waals surface area contributed by atoms with Gasteiger partial charge in [-0.2, -0.15) is 0 Å². The van der Waals surface area contributed by atoms with Crippen molar-refractivity contribution in [2.24, 2.45) is 0 Å². The van der Waals surface area contributed by atoms with Crippen molar-refractivity contribution in [3.05, 3.63) is 0 Å². The molecule has 0 radical (unpaired) electrons. The van der Waals surface area contributed by atoms with Crippen LogP contribution in [0.15, 0.2) is 0 Å². The minimum atomic E-state index is -0.106. The lowest BCUT2D eigenvalue weighted by molar-refractivity contribution is 0.239. The van der Waals surface area contributed by atoms with E-state index < -0.39 is 0 Å². The zero-order valence-corrected chi connectivity index (χ0v) is 8.11. The number of amides is 2. The standard InChI is InChI=1S/C8H19N3O.3H2/c1-4-5-9-8(12)11-6-10-7(2)3;;;/h7,10H,4-6H2,1-3H3,(H2,9,11,12);3*1H. The van der Waals surface area contributed by atoms with Crippen molar-refractivity contribution in [1.82, 2.24) is 16.0 Å². The third-order valence-electron chi connectivity index (χ3n) is 1.29. The minimum absolute atomic E-state index is 0. The van der Waals surface area contributed by atoms with Gasteiger partial charge in [0.25, 0.3) is 0 Å². The highest BCUT2D eigenvalue weighted by atomic mass is 16.2. The first-order valence-electron chi connectivity index (χ1n) is 4.42. The van der Waals surface area contributed by atoms with Crippen molar-refractivity contribution in [2.45, 2.75) is 33.2 Å². The molecular formula is C8H25N3O. The summed E-state index contributed by atoms with van der Waals surface area (Å²) < 4.78 is 0. The lowest BCUT2D eigenvalue weighted by Crippen LogP contribution is -2.42. The lowest BCUT2D eigenvalue weighted by Gasteiger charge is -2.09. The summed E-state index contributed by atoms with van der Waals surface area (Å²) in [6.07, 6.45) is 0.963. The summed E-state index contributed by atoms with van der Waals surface area (Å²) in [7, 11) is 0. The van der Waals surface area contributed by atoms with Crippen LogP contribution in [0.5, 0.6) is 0 Å². The quantitative estimate of drug-likeness (QED) is 0.559.